The topological polar surface area (TPSA) is 46.5 Å². The lowest BCUT2D eigenvalue weighted by Crippen LogP contribution is -2.52. The summed E-state index contributed by atoms with van der Waals surface area (Å²) < 4.78 is 5.07. The number of carbonyl (C=O) groups excluding carboxylic acids is 1. The van der Waals surface area contributed by atoms with Crippen LogP contribution >= 0.6 is 0 Å². The van der Waals surface area contributed by atoms with Crippen LogP contribution in [0.15, 0.2) is 35.9 Å². The van der Waals surface area contributed by atoms with Gasteiger partial charge < -0.3 is 9.84 Å². The molecule has 0 unspecified atom stereocenters. The second-order valence-corrected chi connectivity index (χ2v) is 6.47. The third kappa shape index (κ3) is 2.17. The first kappa shape index (κ1) is 13.9. The Hall–Kier alpha value is -2.03. The maximum atomic E-state index is 12.0. The van der Waals surface area contributed by atoms with Crippen molar-refractivity contribution >= 4 is 11.9 Å². The lowest BCUT2D eigenvalue weighted by Gasteiger charge is -2.54. The van der Waals surface area contributed by atoms with Gasteiger partial charge in [0.25, 0.3) is 0 Å². The fourth-order valence-electron chi connectivity index (χ4n) is 3.48. The monoisotopic (exact) mass is 284 g/mol. The normalized spacial score (nSPS) is 26.4. The summed E-state index contributed by atoms with van der Waals surface area (Å²) in [6.07, 6.45) is 6.54. The van der Waals surface area contributed by atoms with E-state index in [0.717, 1.165) is 17.6 Å². The summed E-state index contributed by atoms with van der Waals surface area (Å²) in [5.74, 6) is 1.67. The number of aromatic hydroxyl groups is 1. The zero-order valence-electron chi connectivity index (χ0n) is 12.6. The largest absolute Gasteiger partial charge is 0.507 e. The number of fused-ring (bicyclic) bond motifs is 1. The fraction of sp³-hybridized carbons (Fsp3) is 0.389. The number of ketones is 1. The van der Waals surface area contributed by atoms with Crippen LogP contribution in [-0.4, -0.2) is 18.0 Å². The molecule has 1 fully saturated rings. The van der Waals surface area contributed by atoms with Crippen LogP contribution in [-0.2, 0) is 4.79 Å². The van der Waals surface area contributed by atoms with E-state index < -0.39 is 0 Å². The average molecular weight is 284 g/mol. The van der Waals surface area contributed by atoms with Gasteiger partial charge in [-0.05, 0) is 41.5 Å². The van der Waals surface area contributed by atoms with Crippen LogP contribution in [0.1, 0.15) is 25.8 Å². The molecule has 110 valence electrons. The van der Waals surface area contributed by atoms with E-state index in [0.29, 0.717) is 11.7 Å². The lowest BCUT2D eigenvalue weighted by atomic mass is 9.48. The molecule has 1 aromatic carbocycles. The fourth-order valence-corrected chi connectivity index (χ4v) is 3.48. The van der Waals surface area contributed by atoms with Crippen LogP contribution in [0.4, 0.5) is 0 Å². The molecule has 0 aliphatic heterocycles. The van der Waals surface area contributed by atoms with E-state index in [9.17, 15) is 9.90 Å². The molecule has 1 aromatic rings. The smallest absolute Gasteiger partial charge is 0.159 e. The molecule has 3 aliphatic rings. The Bertz CT molecular complexity index is 652. The molecule has 2 atom stereocenters. The number of ether oxygens (including phenoxy) is 1. The molecular weight excluding hydrogens is 264 g/mol. The highest BCUT2D eigenvalue weighted by Crippen LogP contribution is 2.58. The summed E-state index contributed by atoms with van der Waals surface area (Å²) in [6, 6.07) is 5.21. The molecule has 0 amide bonds. The van der Waals surface area contributed by atoms with Gasteiger partial charge in [0.15, 0.2) is 5.78 Å². The second-order valence-electron chi connectivity index (χ2n) is 6.47. The van der Waals surface area contributed by atoms with Crippen LogP contribution < -0.4 is 4.74 Å². The summed E-state index contributed by atoms with van der Waals surface area (Å²) in [7, 11) is 1.57. The van der Waals surface area contributed by atoms with Gasteiger partial charge in [-0.1, -0.05) is 26.0 Å². The number of benzene rings is 1. The number of phenols is 1. The van der Waals surface area contributed by atoms with Crippen molar-refractivity contribution < 1.29 is 14.6 Å². The van der Waals surface area contributed by atoms with Crippen molar-refractivity contribution in [2.45, 2.75) is 20.3 Å². The number of carbonyl (C=O) groups is 1. The molecule has 3 heteroatoms. The average Bonchev–Trinajstić information content (AvgIpc) is 2.44. The first-order chi connectivity index (χ1) is 9.93. The van der Waals surface area contributed by atoms with Gasteiger partial charge in [0.2, 0.25) is 0 Å². The summed E-state index contributed by atoms with van der Waals surface area (Å²) in [5.41, 5.74) is 1.86. The maximum Gasteiger partial charge on any atom is 0.159 e. The SMILES string of the molecule is COc1ccc(C=CC2=CC(=O)[C@H]3C[C@@H]2C3(C)C)c(O)c1. The number of allylic oxidation sites excluding steroid dienone is 3. The van der Waals surface area contributed by atoms with E-state index >= 15 is 0 Å². The minimum absolute atomic E-state index is 0.0630. The number of methoxy groups -OCH3 is 1. The Morgan fingerprint density at radius 1 is 1.29 bits per heavy atom. The molecule has 0 heterocycles. The van der Waals surface area contributed by atoms with Crippen LogP contribution in [0.3, 0.4) is 0 Å². The molecule has 2 bridgehead atoms. The van der Waals surface area contributed by atoms with E-state index in [-0.39, 0.29) is 22.9 Å². The van der Waals surface area contributed by atoms with E-state index in [1.807, 2.05) is 24.3 Å². The zero-order valence-corrected chi connectivity index (χ0v) is 12.6. The molecule has 4 rings (SSSR count). The molecule has 21 heavy (non-hydrogen) atoms. The minimum atomic E-state index is 0.0630. The Labute approximate surface area is 124 Å². The van der Waals surface area contributed by atoms with E-state index in [2.05, 4.69) is 13.8 Å². The van der Waals surface area contributed by atoms with Gasteiger partial charge in [-0.15, -0.1) is 0 Å². The minimum Gasteiger partial charge on any atom is -0.507 e. The Kier molecular flexibility index (Phi) is 3.16. The predicted octanol–water partition coefficient (Wildman–Crippen LogP) is 3.59. The molecule has 0 spiro atoms. The van der Waals surface area contributed by atoms with Crippen molar-refractivity contribution in [3.05, 3.63) is 41.5 Å². The molecule has 0 aromatic heterocycles. The molecule has 0 saturated heterocycles. The van der Waals surface area contributed by atoms with E-state index in [1.165, 1.54) is 0 Å². The van der Waals surface area contributed by atoms with Gasteiger partial charge in [0, 0.05) is 17.5 Å². The Morgan fingerprint density at radius 3 is 2.62 bits per heavy atom. The molecule has 3 nitrogen and oxygen atoms in total. The number of rotatable bonds is 3. The van der Waals surface area contributed by atoms with Gasteiger partial charge in [0.1, 0.15) is 11.5 Å². The van der Waals surface area contributed by atoms with Crippen molar-refractivity contribution in [2.75, 3.05) is 7.11 Å². The highest BCUT2D eigenvalue weighted by Gasteiger charge is 2.54. The van der Waals surface area contributed by atoms with Crippen LogP contribution in [0, 0.1) is 17.3 Å². The predicted molar refractivity (Wildman–Crippen MR) is 82.2 cm³/mol. The summed E-state index contributed by atoms with van der Waals surface area (Å²) in [5, 5.41) is 9.96. The van der Waals surface area contributed by atoms with Crippen molar-refractivity contribution in [3.8, 4) is 11.5 Å². The highest BCUT2D eigenvalue weighted by atomic mass is 16.5. The Balaban J connectivity index is 1.85. The number of phenolic OH excluding ortho intramolecular Hbond substituents is 1. The first-order valence-electron chi connectivity index (χ1n) is 7.24. The zero-order chi connectivity index (χ0) is 15.2. The summed E-state index contributed by atoms with van der Waals surface area (Å²) >= 11 is 0. The van der Waals surface area contributed by atoms with E-state index in [4.69, 9.17) is 4.74 Å². The van der Waals surface area contributed by atoms with Gasteiger partial charge in [-0.2, -0.15) is 0 Å². The van der Waals surface area contributed by atoms with Crippen LogP contribution in [0.2, 0.25) is 0 Å². The molecule has 1 N–H and O–H groups in total. The van der Waals surface area contributed by atoms with Crippen molar-refractivity contribution in [1.29, 1.82) is 0 Å². The van der Waals surface area contributed by atoms with Gasteiger partial charge in [-0.3, -0.25) is 4.79 Å². The maximum absolute atomic E-state index is 12.0. The third-order valence-corrected chi connectivity index (χ3v) is 5.02. The van der Waals surface area contributed by atoms with Crippen molar-refractivity contribution in [2.24, 2.45) is 17.3 Å². The Morgan fingerprint density at radius 2 is 2.05 bits per heavy atom. The highest BCUT2D eigenvalue weighted by molar-refractivity contribution is 5.96. The molecule has 1 saturated carbocycles. The molecule has 3 aliphatic carbocycles. The quantitative estimate of drug-likeness (QED) is 0.922. The van der Waals surface area contributed by atoms with Gasteiger partial charge >= 0.3 is 0 Å². The standard InChI is InChI=1S/C18H20O3/c1-18(2)14-10-15(18)17(20)8-12(14)5-4-11-6-7-13(21-3)9-16(11)19/h4-9,14-15,19H,10H2,1-3H3/t14-,15+/m0/s1. The van der Waals surface area contributed by atoms with E-state index in [1.54, 1.807) is 19.3 Å². The summed E-state index contributed by atoms with van der Waals surface area (Å²) in [4.78, 5) is 12.0. The number of hydrogen-bond donors (Lipinski definition) is 1. The number of hydrogen-bond acceptors (Lipinski definition) is 3. The van der Waals surface area contributed by atoms with Crippen molar-refractivity contribution in [1.82, 2.24) is 0 Å². The third-order valence-electron chi connectivity index (χ3n) is 5.02. The summed E-state index contributed by atoms with van der Waals surface area (Å²) in [6.45, 7) is 4.32. The van der Waals surface area contributed by atoms with Gasteiger partial charge in [0.05, 0.1) is 7.11 Å². The molecule has 0 radical (unpaired) electrons. The molecular formula is C18H20O3. The second kappa shape index (κ2) is 4.76. The lowest BCUT2D eigenvalue weighted by molar-refractivity contribution is -0.133. The van der Waals surface area contributed by atoms with Gasteiger partial charge in [-0.25, -0.2) is 0 Å². The van der Waals surface area contributed by atoms with Crippen molar-refractivity contribution in [3.63, 3.8) is 0 Å². The van der Waals surface area contributed by atoms with Crippen LogP contribution in [0.5, 0.6) is 11.5 Å². The first-order valence-corrected chi connectivity index (χ1v) is 7.24. The van der Waals surface area contributed by atoms with Crippen LogP contribution in [0.25, 0.3) is 6.08 Å².